The molecule has 0 radical (unpaired) electrons. The van der Waals surface area contributed by atoms with Crippen LogP contribution < -0.4 is 5.73 Å². The van der Waals surface area contributed by atoms with Crippen LogP contribution in [0.1, 0.15) is 9.80 Å². The molecule has 0 aliphatic rings. The van der Waals surface area contributed by atoms with Crippen LogP contribution in [0.15, 0.2) is 4.36 Å². The van der Waals surface area contributed by atoms with Crippen molar-refractivity contribution < 1.29 is 9.00 Å². The van der Waals surface area contributed by atoms with Crippen LogP contribution in [0, 0.1) is 0 Å². The van der Waals surface area contributed by atoms with Gasteiger partial charge in [-0.25, -0.2) is 4.21 Å². The fraction of sp³-hybridized carbons (Fsp3) is 0.400. The highest BCUT2D eigenvalue weighted by Crippen LogP contribution is 2.12. The van der Waals surface area contributed by atoms with Crippen molar-refractivity contribution >= 4 is 32.1 Å². The summed E-state index contributed by atoms with van der Waals surface area (Å²) in [7, 11) is -2.44. The molecular formula is C5H8N4O2S2. The average molecular weight is 220 g/mol. The molecule has 1 amide bonds. The molecule has 0 aromatic carbocycles. The van der Waals surface area contributed by atoms with Crippen LogP contribution in [-0.2, 0) is 9.73 Å². The lowest BCUT2D eigenvalue weighted by Gasteiger charge is -1.90. The molecule has 13 heavy (non-hydrogen) atoms. The first-order valence-electron chi connectivity index (χ1n) is 3.19. The van der Waals surface area contributed by atoms with Crippen molar-refractivity contribution in [3.8, 4) is 0 Å². The summed E-state index contributed by atoms with van der Waals surface area (Å²) in [6.45, 7) is 0. The Balaban J connectivity index is 3.01. The lowest BCUT2D eigenvalue weighted by atomic mass is 10.7. The second-order valence-corrected chi connectivity index (χ2v) is 6.08. The maximum absolute atomic E-state index is 11.2. The molecule has 1 aromatic rings. The van der Waals surface area contributed by atoms with E-state index in [1.165, 1.54) is 12.5 Å². The van der Waals surface area contributed by atoms with Gasteiger partial charge in [-0.1, -0.05) is 11.3 Å². The second-order valence-electron chi connectivity index (χ2n) is 2.52. The number of nitrogen functional groups attached to an aromatic ring is 1. The summed E-state index contributed by atoms with van der Waals surface area (Å²) < 4.78 is 14.5. The van der Waals surface area contributed by atoms with Gasteiger partial charge in [-0.05, 0) is 0 Å². The van der Waals surface area contributed by atoms with Crippen molar-refractivity contribution in [2.45, 2.75) is 0 Å². The van der Waals surface area contributed by atoms with Crippen molar-refractivity contribution in [3.05, 3.63) is 5.01 Å². The molecule has 1 heterocycles. The Morgan fingerprint density at radius 2 is 2.15 bits per heavy atom. The van der Waals surface area contributed by atoms with Gasteiger partial charge < -0.3 is 5.73 Å². The molecule has 0 fully saturated rings. The number of rotatable bonds is 1. The number of carbonyl (C=O) groups excluding carboxylic acids is 1. The zero-order valence-electron chi connectivity index (χ0n) is 7.05. The van der Waals surface area contributed by atoms with Gasteiger partial charge in [0.05, 0.1) is 0 Å². The van der Waals surface area contributed by atoms with Gasteiger partial charge in [-0.2, -0.15) is 4.36 Å². The van der Waals surface area contributed by atoms with Gasteiger partial charge in [-0.15, -0.1) is 10.2 Å². The molecule has 0 bridgehead atoms. The van der Waals surface area contributed by atoms with E-state index in [-0.39, 0.29) is 10.1 Å². The normalized spacial score (nSPS) is 11.2. The second kappa shape index (κ2) is 3.38. The predicted molar refractivity (Wildman–Crippen MR) is 51.1 cm³/mol. The number of nitrogens with two attached hydrogens (primary N) is 1. The molecule has 72 valence electrons. The molecule has 0 unspecified atom stereocenters. The van der Waals surface area contributed by atoms with E-state index in [2.05, 4.69) is 14.6 Å². The fourth-order valence-electron chi connectivity index (χ4n) is 0.560. The van der Waals surface area contributed by atoms with Gasteiger partial charge in [0.2, 0.25) is 10.1 Å². The number of aromatic nitrogens is 2. The van der Waals surface area contributed by atoms with Gasteiger partial charge in [0.15, 0.2) is 0 Å². The van der Waals surface area contributed by atoms with E-state index in [0.717, 1.165) is 11.3 Å². The topological polar surface area (TPSA) is 98.3 Å². The Kier molecular flexibility index (Phi) is 2.62. The Morgan fingerprint density at radius 3 is 2.54 bits per heavy atom. The number of hydrogen-bond donors (Lipinski definition) is 1. The lowest BCUT2D eigenvalue weighted by molar-refractivity contribution is 0.100. The summed E-state index contributed by atoms with van der Waals surface area (Å²) in [6, 6.07) is 0. The number of hydrogen-bond acceptors (Lipinski definition) is 6. The smallest absolute Gasteiger partial charge is 0.316 e. The van der Waals surface area contributed by atoms with Crippen molar-refractivity contribution in [1.29, 1.82) is 0 Å². The van der Waals surface area contributed by atoms with Crippen LogP contribution in [0.5, 0.6) is 0 Å². The minimum absolute atomic E-state index is 0.0638. The van der Waals surface area contributed by atoms with Crippen LogP contribution in [0.4, 0.5) is 5.13 Å². The maximum atomic E-state index is 11.2. The zero-order valence-corrected chi connectivity index (χ0v) is 8.68. The van der Waals surface area contributed by atoms with E-state index < -0.39 is 15.6 Å². The van der Waals surface area contributed by atoms with Gasteiger partial charge >= 0.3 is 5.91 Å². The van der Waals surface area contributed by atoms with E-state index in [0.29, 0.717) is 0 Å². The molecule has 8 heteroatoms. The monoisotopic (exact) mass is 220 g/mol. The van der Waals surface area contributed by atoms with E-state index in [9.17, 15) is 9.00 Å². The number of amides is 1. The minimum atomic E-state index is -2.44. The van der Waals surface area contributed by atoms with Crippen molar-refractivity contribution in [2.75, 3.05) is 18.2 Å². The third-order valence-electron chi connectivity index (χ3n) is 0.926. The number of anilines is 1. The molecule has 0 saturated carbocycles. The Bertz CT molecular complexity index is 435. The number of carbonyl (C=O) groups is 1. The van der Waals surface area contributed by atoms with Crippen molar-refractivity contribution in [1.82, 2.24) is 10.2 Å². The standard InChI is InChI=1S/C5H8N4O2S2/c1-13(2,11)9-3(10)4-7-8-5(6)12-4/h1-2H3,(H2,6,8). The summed E-state index contributed by atoms with van der Waals surface area (Å²) >= 11 is 0.923. The third kappa shape index (κ3) is 3.07. The van der Waals surface area contributed by atoms with Crippen LogP contribution in [-0.4, -0.2) is 32.8 Å². The molecular weight excluding hydrogens is 212 g/mol. The Hall–Kier alpha value is -1.02. The van der Waals surface area contributed by atoms with Crippen LogP contribution in [0.25, 0.3) is 0 Å². The highest BCUT2D eigenvalue weighted by atomic mass is 32.2. The van der Waals surface area contributed by atoms with E-state index >= 15 is 0 Å². The highest BCUT2D eigenvalue weighted by Gasteiger charge is 2.11. The third-order valence-corrected chi connectivity index (χ3v) is 2.27. The molecule has 0 atom stereocenters. The van der Waals surface area contributed by atoms with Crippen LogP contribution in [0.2, 0.25) is 0 Å². The zero-order chi connectivity index (χ0) is 10.1. The van der Waals surface area contributed by atoms with Crippen molar-refractivity contribution in [2.24, 2.45) is 4.36 Å². The van der Waals surface area contributed by atoms with E-state index in [4.69, 9.17) is 5.73 Å². The summed E-state index contributed by atoms with van der Waals surface area (Å²) in [5.41, 5.74) is 5.26. The maximum Gasteiger partial charge on any atom is 0.316 e. The van der Waals surface area contributed by atoms with Gasteiger partial charge in [0, 0.05) is 22.2 Å². The average Bonchev–Trinajstić information content (AvgIpc) is 2.31. The highest BCUT2D eigenvalue weighted by molar-refractivity contribution is 7.92. The summed E-state index contributed by atoms with van der Waals surface area (Å²) in [5.74, 6) is -0.635. The summed E-state index contributed by atoms with van der Waals surface area (Å²) in [4.78, 5) is 11.2. The van der Waals surface area contributed by atoms with Crippen LogP contribution >= 0.6 is 11.3 Å². The molecule has 6 nitrogen and oxygen atoms in total. The fourth-order valence-corrected chi connectivity index (χ4v) is 1.60. The van der Waals surface area contributed by atoms with E-state index in [1.54, 1.807) is 0 Å². The summed E-state index contributed by atoms with van der Waals surface area (Å²) in [5, 5.41) is 7.17. The SMILES string of the molecule is CS(C)(=O)=NC(=O)c1nnc(N)s1. The van der Waals surface area contributed by atoms with Crippen molar-refractivity contribution in [3.63, 3.8) is 0 Å². The molecule has 0 aliphatic heterocycles. The van der Waals surface area contributed by atoms with Crippen LogP contribution in [0.3, 0.4) is 0 Å². The van der Waals surface area contributed by atoms with Gasteiger partial charge in [0.25, 0.3) is 0 Å². The van der Waals surface area contributed by atoms with Gasteiger partial charge in [0.1, 0.15) is 0 Å². The van der Waals surface area contributed by atoms with E-state index in [1.807, 2.05) is 0 Å². The molecule has 1 aromatic heterocycles. The quantitative estimate of drug-likeness (QED) is 0.717. The Labute approximate surface area is 79.4 Å². The van der Waals surface area contributed by atoms with Gasteiger partial charge in [-0.3, -0.25) is 4.79 Å². The first-order valence-corrected chi connectivity index (χ1v) is 6.34. The first kappa shape index (κ1) is 10.1. The molecule has 0 aliphatic carbocycles. The Morgan fingerprint density at radius 1 is 1.54 bits per heavy atom. The molecule has 0 spiro atoms. The lowest BCUT2D eigenvalue weighted by Crippen LogP contribution is -2.00. The first-order chi connectivity index (χ1) is 5.88. The largest absolute Gasteiger partial charge is 0.374 e. The predicted octanol–water partition coefficient (Wildman–Crippen LogP) is -0.0119. The molecule has 2 N–H and O–H groups in total. The minimum Gasteiger partial charge on any atom is -0.374 e. The molecule has 0 saturated heterocycles. The summed E-state index contributed by atoms with van der Waals surface area (Å²) in [6.07, 6.45) is 2.74. The molecule has 1 rings (SSSR count). The number of nitrogens with zero attached hydrogens (tertiary/aromatic N) is 3.